The molecule has 0 heterocycles. The molecule has 1 rings (SSSR count). The van der Waals surface area contributed by atoms with E-state index in [9.17, 15) is 0 Å². The molecule has 0 bridgehead atoms. The van der Waals surface area contributed by atoms with E-state index in [0.717, 1.165) is 23.3 Å². The first-order chi connectivity index (χ1) is 7.39. The maximum atomic E-state index is 9.07. The lowest BCUT2D eigenvalue weighted by molar-refractivity contribution is 0.396. The van der Waals surface area contributed by atoms with Crippen LogP contribution in [0.15, 0.2) is 12.1 Å². The molecule has 0 aliphatic carbocycles. The van der Waals surface area contributed by atoms with Crippen LogP contribution in [0, 0.1) is 30.6 Å². The average molecular weight is 217 g/mol. The molecule has 16 heavy (non-hydrogen) atoms. The van der Waals surface area contributed by atoms with Gasteiger partial charge in [0.15, 0.2) is 0 Å². The molecule has 2 heteroatoms. The van der Waals surface area contributed by atoms with E-state index in [0.29, 0.717) is 0 Å². The van der Waals surface area contributed by atoms with Gasteiger partial charge in [0.2, 0.25) is 0 Å². The van der Waals surface area contributed by atoms with Crippen LogP contribution in [0.3, 0.4) is 0 Å². The normalized spacial score (nSPS) is 11.0. The summed E-state index contributed by atoms with van der Waals surface area (Å²) in [7, 11) is 1.68. The van der Waals surface area contributed by atoms with Gasteiger partial charge in [0.1, 0.15) is 5.75 Å². The molecule has 0 saturated carbocycles. The molecule has 0 saturated heterocycles. The molecule has 0 amide bonds. The largest absolute Gasteiger partial charge is 0.496 e. The monoisotopic (exact) mass is 217 g/mol. The Kier molecular flexibility index (Phi) is 3.59. The Morgan fingerprint density at radius 1 is 1.31 bits per heavy atom. The van der Waals surface area contributed by atoms with E-state index in [1.165, 1.54) is 5.56 Å². The fraction of sp³-hybridized carbons (Fsp3) is 0.500. The number of aryl methyl sites for hydroxylation is 2. The Balaban J connectivity index is 3.18. The third-order valence-corrected chi connectivity index (χ3v) is 2.64. The number of ether oxygens (including phenoxy) is 1. The van der Waals surface area contributed by atoms with Crippen LogP contribution < -0.4 is 4.74 Å². The average Bonchev–Trinajstić information content (AvgIpc) is 2.16. The minimum atomic E-state index is -0.354. The van der Waals surface area contributed by atoms with Crippen LogP contribution >= 0.6 is 0 Å². The van der Waals surface area contributed by atoms with E-state index in [1.54, 1.807) is 7.11 Å². The fourth-order valence-electron chi connectivity index (χ4n) is 1.98. The van der Waals surface area contributed by atoms with Gasteiger partial charge in [-0.15, -0.1) is 0 Å². The number of rotatable bonds is 3. The van der Waals surface area contributed by atoms with E-state index in [-0.39, 0.29) is 5.41 Å². The first-order valence-corrected chi connectivity index (χ1v) is 5.45. The van der Waals surface area contributed by atoms with Crippen molar-refractivity contribution in [2.75, 3.05) is 7.11 Å². The van der Waals surface area contributed by atoms with Gasteiger partial charge in [-0.3, -0.25) is 0 Å². The van der Waals surface area contributed by atoms with Crippen LogP contribution in [0.2, 0.25) is 0 Å². The highest BCUT2D eigenvalue weighted by Crippen LogP contribution is 2.30. The summed E-state index contributed by atoms with van der Waals surface area (Å²) in [6.45, 7) is 8.00. The van der Waals surface area contributed by atoms with Gasteiger partial charge in [-0.05, 0) is 45.2 Å². The number of methoxy groups -OCH3 is 1. The summed E-state index contributed by atoms with van der Waals surface area (Å²) in [5, 5.41) is 9.07. The zero-order chi connectivity index (χ0) is 12.3. The van der Waals surface area contributed by atoms with Crippen molar-refractivity contribution in [2.24, 2.45) is 5.41 Å². The summed E-state index contributed by atoms with van der Waals surface area (Å²) < 4.78 is 5.41. The molecule has 0 aliphatic heterocycles. The molecule has 1 aromatic carbocycles. The third kappa shape index (κ3) is 2.76. The molecule has 0 aromatic heterocycles. The molecular weight excluding hydrogens is 198 g/mol. The Morgan fingerprint density at radius 3 is 2.44 bits per heavy atom. The smallest absolute Gasteiger partial charge is 0.125 e. The first-order valence-electron chi connectivity index (χ1n) is 5.45. The van der Waals surface area contributed by atoms with Gasteiger partial charge < -0.3 is 4.74 Å². The molecular formula is C14H19NO. The van der Waals surface area contributed by atoms with Crippen molar-refractivity contribution in [1.29, 1.82) is 5.26 Å². The van der Waals surface area contributed by atoms with Crippen LogP contribution in [0.1, 0.15) is 30.5 Å². The summed E-state index contributed by atoms with van der Waals surface area (Å²) in [5.74, 6) is 0.911. The van der Waals surface area contributed by atoms with Gasteiger partial charge in [0, 0.05) is 0 Å². The molecule has 0 fully saturated rings. The summed E-state index contributed by atoms with van der Waals surface area (Å²) in [4.78, 5) is 0. The van der Waals surface area contributed by atoms with Crippen molar-refractivity contribution in [3.05, 3.63) is 28.8 Å². The summed E-state index contributed by atoms with van der Waals surface area (Å²) in [5.41, 5.74) is 3.10. The Bertz CT molecular complexity index is 427. The predicted molar refractivity (Wildman–Crippen MR) is 65.6 cm³/mol. The van der Waals surface area contributed by atoms with E-state index in [4.69, 9.17) is 10.00 Å². The van der Waals surface area contributed by atoms with Crippen molar-refractivity contribution in [2.45, 2.75) is 34.1 Å². The summed E-state index contributed by atoms with van der Waals surface area (Å²) in [6, 6.07) is 6.53. The zero-order valence-electron chi connectivity index (χ0n) is 10.7. The third-order valence-electron chi connectivity index (χ3n) is 2.64. The van der Waals surface area contributed by atoms with E-state index in [2.05, 4.69) is 25.1 Å². The van der Waals surface area contributed by atoms with Gasteiger partial charge in [-0.25, -0.2) is 0 Å². The Hall–Kier alpha value is -1.49. The van der Waals surface area contributed by atoms with Crippen molar-refractivity contribution < 1.29 is 4.74 Å². The lowest BCUT2D eigenvalue weighted by Crippen LogP contribution is -2.13. The van der Waals surface area contributed by atoms with Gasteiger partial charge in [-0.1, -0.05) is 17.7 Å². The van der Waals surface area contributed by atoms with Crippen LogP contribution in [0.5, 0.6) is 5.75 Å². The number of nitriles is 1. The van der Waals surface area contributed by atoms with Gasteiger partial charge in [0.25, 0.3) is 0 Å². The maximum Gasteiger partial charge on any atom is 0.125 e. The Labute approximate surface area is 97.9 Å². The van der Waals surface area contributed by atoms with Crippen LogP contribution in [-0.2, 0) is 6.42 Å². The standard InChI is InChI=1S/C14H19NO/c1-10-6-11(2)13(16-5)12(7-10)8-14(3,4)9-15/h6-7H,8H2,1-5H3. The molecule has 0 atom stereocenters. The molecule has 1 aromatic rings. The number of hydrogen-bond donors (Lipinski definition) is 0. The van der Waals surface area contributed by atoms with Crippen molar-refractivity contribution >= 4 is 0 Å². The van der Waals surface area contributed by atoms with E-state index >= 15 is 0 Å². The minimum Gasteiger partial charge on any atom is -0.496 e. The van der Waals surface area contributed by atoms with E-state index in [1.807, 2.05) is 20.8 Å². The molecule has 0 radical (unpaired) electrons. The van der Waals surface area contributed by atoms with Crippen LogP contribution in [0.4, 0.5) is 0 Å². The molecule has 0 spiro atoms. The highest BCUT2D eigenvalue weighted by molar-refractivity contribution is 5.44. The predicted octanol–water partition coefficient (Wildman–Crippen LogP) is 3.40. The second kappa shape index (κ2) is 4.57. The maximum absolute atomic E-state index is 9.07. The molecule has 86 valence electrons. The first kappa shape index (κ1) is 12.6. The van der Waals surface area contributed by atoms with Gasteiger partial charge in [-0.2, -0.15) is 5.26 Å². The number of nitrogens with zero attached hydrogens (tertiary/aromatic N) is 1. The van der Waals surface area contributed by atoms with E-state index < -0.39 is 0 Å². The lowest BCUT2D eigenvalue weighted by Gasteiger charge is -2.19. The van der Waals surface area contributed by atoms with Gasteiger partial charge >= 0.3 is 0 Å². The van der Waals surface area contributed by atoms with Crippen molar-refractivity contribution in [3.8, 4) is 11.8 Å². The van der Waals surface area contributed by atoms with Crippen LogP contribution in [-0.4, -0.2) is 7.11 Å². The second-order valence-electron chi connectivity index (χ2n) is 4.95. The summed E-state index contributed by atoms with van der Waals surface area (Å²) in [6.07, 6.45) is 0.717. The molecule has 0 unspecified atom stereocenters. The fourth-order valence-corrected chi connectivity index (χ4v) is 1.98. The Morgan fingerprint density at radius 2 is 1.94 bits per heavy atom. The number of benzene rings is 1. The topological polar surface area (TPSA) is 33.0 Å². The van der Waals surface area contributed by atoms with Crippen molar-refractivity contribution in [1.82, 2.24) is 0 Å². The highest BCUT2D eigenvalue weighted by atomic mass is 16.5. The molecule has 0 N–H and O–H groups in total. The summed E-state index contributed by atoms with van der Waals surface area (Å²) >= 11 is 0. The molecule has 0 aliphatic rings. The number of hydrogen-bond acceptors (Lipinski definition) is 2. The second-order valence-corrected chi connectivity index (χ2v) is 4.95. The minimum absolute atomic E-state index is 0.354. The van der Waals surface area contributed by atoms with Crippen molar-refractivity contribution in [3.63, 3.8) is 0 Å². The lowest BCUT2D eigenvalue weighted by atomic mass is 9.86. The van der Waals surface area contributed by atoms with Crippen LogP contribution in [0.25, 0.3) is 0 Å². The SMILES string of the molecule is COc1c(C)cc(C)cc1CC(C)(C)C#N. The quantitative estimate of drug-likeness (QED) is 0.777. The zero-order valence-corrected chi connectivity index (χ0v) is 10.7. The highest BCUT2D eigenvalue weighted by Gasteiger charge is 2.20. The van der Waals surface area contributed by atoms with Gasteiger partial charge in [0.05, 0.1) is 18.6 Å². The molecule has 2 nitrogen and oxygen atoms in total.